The standard InChI is InChI=1S/C55H47NS/c1-2-13-35(14-3-1)40-20-10-15-36-16-11-21-44(53(36)40)43-18-5-8-23-49(43)56(50-24-12-26-52-54(50)45-19-6-9-25-51(45)57-52)39-27-28-42-41-17-4-7-22-46(41)55(48(42)33-39)38-30-34-29-37(32-38)47(55)31-34/h4-12,15-28,33-35,37-38,47H,1-3,13-14,29-32H2. The Morgan fingerprint density at radius 1 is 0.526 bits per heavy atom. The molecule has 57 heavy (non-hydrogen) atoms. The van der Waals surface area contributed by atoms with Crippen molar-refractivity contribution in [1.82, 2.24) is 0 Å². The lowest BCUT2D eigenvalue weighted by Crippen LogP contribution is -2.40. The van der Waals surface area contributed by atoms with E-state index >= 15 is 0 Å². The molecule has 1 spiro atoms. The second-order valence-corrected chi connectivity index (χ2v) is 19.3. The van der Waals surface area contributed by atoms with E-state index in [0.717, 1.165) is 23.7 Å². The highest BCUT2D eigenvalue weighted by Crippen LogP contribution is 2.73. The number of nitrogens with zero attached hydrogens (tertiary/aromatic N) is 1. The quantitative estimate of drug-likeness (QED) is 0.169. The summed E-state index contributed by atoms with van der Waals surface area (Å²) in [4.78, 5) is 2.67. The third-order valence-electron chi connectivity index (χ3n) is 15.6. The van der Waals surface area contributed by atoms with Gasteiger partial charge in [0.1, 0.15) is 0 Å². The van der Waals surface area contributed by atoms with Crippen LogP contribution >= 0.6 is 11.3 Å². The van der Waals surface area contributed by atoms with Crippen LogP contribution in [0, 0.1) is 23.7 Å². The second-order valence-electron chi connectivity index (χ2n) is 18.2. The molecule has 0 saturated heterocycles. The Morgan fingerprint density at radius 3 is 2.18 bits per heavy atom. The van der Waals surface area contributed by atoms with Gasteiger partial charge in [-0.25, -0.2) is 0 Å². The summed E-state index contributed by atoms with van der Waals surface area (Å²) in [5.74, 6) is 3.89. The second kappa shape index (κ2) is 12.4. The van der Waals surface area contributed by atoms with Gasteiger partial charge in [-0.2, -0.15) is 0 Å². The van der Waals surface area contributed by atoms with Crippen molar-refractivity contribution in [3.63, 3.8) is 0 Å². The first-order chi connectivity index (χ1) is 28.3. The molecule has 6 aliphatic rings. The highest BCUT2D eigenvalue weighted by Gasteiger charge is 2.66. The summed E-state index contributed by atoms with van der Waals surface area (Å²) in [5, 5.41) is 5.49. The van der Waals surface area contributed by atoms with Crippen molar-refractivity contribution in [1.29, 1.82) is 0 Å². The first-order valence-electron chi connectivity index (χ1n) is 21.8. The van der Waals surface area contributed by atoms with Crippen LogP contribution in [-0.4, -0.2) is 0 Å². The fourth-order valence-corrected chi connectivity index (χ4v) is 14.8. The molecule has 0 radical (unpaired) electrons. The van der Waals surface area contributed by atoms with Gasteiger partial charge in [0.2, 0.25) is 0 Å². The van der Waals surface area contributed by atoms with Gasteiger partial charge in [-0.05, 0) is 149 Å². The molecule has 0 aliphatic heterocycles. The van der Waals surface area contributed by atoms with Gasteiger partial charge in [0.15, 0.2) is 0 Å². The molecule has 1 aromatic heterocycles. The van der Waals surface area contributed by atoms with E-state index in [-0.39, 0.29) is 5.41 Å². The van der Waals surface area contributed by atoms with E-state index in [2.05, 4.69) is 150 Å². The van der Waals surface area contributed by atoms with Crippen LogP contribution in [0.1, 0.15) is 80.4 Å². The van der Waals surface area contributed by atoms with E-state index in [0.29, 0.717) is 5.92 Å². The Morgan fingerprint density at radius 2 is 1.26 bits per heavy atom. The molecule has 5 unspecified atom stereocenters. The smallest absolute Gasteiger partial charge is 0.0555 e. The van der Waals surface area contributed by atoms with Crippen molar-refractivity contribution in [3.05, 3.63) is 162 Å². The van der Waals surface area contributed by atoms with Crippen LogP contribution in [0.2, 0.25) is 0 Å². The van der Waals surface area contributed by atoms with Crippen LogP contribution < -0.4 is 4.90 Å². The van der Waals surface area contributed by atoms with Crippen molar-refractivity contribution < 1.29 is 0 Å². The zero-order valence-corrected chi connectivity index (χ0v) is 33.3. The van der Waals surface area contributed by atoms with Gasteiger partial charge in [0.05, 0.1) is 11.4 Å². The highest BCUT2D eigenvalue weighted by molar-refractivity contribution is 7.26. The monoisotopic (exact) mass is 753 g/mol. The normalized spacial score (nSPS) is 24.6. The predicted molar refractivity (Wildman–Crippen MR) is 241 cm³/mol. The molecule has 7 aromatic carbocycles. The van der Waals surface area contributed by atoms with Crippen molar-refractivity contribution in [3.8, 4) is 22.3 Å². The number of anilines is 3. The highest BCUT2D eigenvalue weighted by atomic mass is 32.1. The average molecular weight is 754 g/mol. The van der Waals surface area contributed by atoms with Gasteiger partial charge < -0.3 is 4.90 Å². The van der Waals surface area contributed by atoms with Crippen molar-refractivity contribution in [2.75, 3.05) is 4.90 Å². The van der Waals surface area contributed by atoms with E-state index in [1.165, 1.54) is 128 Å². The largest absolute Gasteiger partial charge is 0.309 e. The third kappa shape index (κ3) is 4.57. The van der Waals surface area contributed by atoms with Crippen LogP contribution in [-0.2, 0) is 5.41 Å². The van der Waals surface area contributed by atoms with Gasteiger partial charge in [0, 0.05) is 36.8 Å². The van der Waals surface area contributed by atoms with Crippen molar-refractivity contribution in [2.24, 2.45) is 23.7 Å². The fourth-order valence-electron chi connectivity index (χ4n) is 13.7. The molecule has 6 aliphatic carbocycles. The molecule has 14 rings (SSSR count). The first kappa shape index (κ1) is 32.9. The maximum Gasteiger partial charge on any atom is 0.0555 e. The van der Waals surface area contributed by atoms with E-state index in [4.69, 9.17) is 0 Å². The zero-order valence-electron chi connectivity index (χ0n) is 32.5. The van der Waals surface area contributed by atoms with Crippen LogP contribution in [0.25, 0.3) is 53.2 Å². The van der Waals surface area contributed by atoms with Gasteiger partial charge in [0.25, 0.3) is 0 Å². The Labute approximate surface area is 340 Å². The zero-order chi connectivity index (χ0) is 37.2. The van der Waals surface area contributed by atoms with Crippen LogP contribution in [0.3, 0.4) is 0 Å². The molecule has 5 fully saturated rings. The molecule has 0 amide bonds. The van der Waals surface area contributed by atoms with E-state index in [1.807, 2.05) is 11.3 Å². The Bertz CT molecular complexity index is 2900. The number of benzene rings is 7. The minimum Gasteiger partial charge on any atom is -0.309 e. The summed E-state index contributed by atoms with van der Waals surface area (Å²) >= 11 is 1.92. The molecule has 8 aromatic rings. The number of rotatable bonds is 5. The molecule has 1 nitrogen and oxygen atoms in total. The molecule has 5 atom stereocenters. The van der Waals surface area contributed by atoms with Crippen LogP contribution in [0.4, 0.5) is 17.1 Å². The Balaban J connectivity index is 1.09. The summed E-state index contributed by atoms with van der Waals surface area (Å²) in [6, 6.07) is 56.7. The number of hydrogen-bond acceptors (Lipinski definition) is 2. The lowest BCUT2D eigenvalue weighted by atomic mass is 9.59. The number of hydrogen-bond donors (Lipinski definition) is 0. The molecule has 0 N–H and O–H groups in total. The van der Waals surface area contributed by atoms with Crippen molar-refractivity contribution in [2.45, 2.75) is 69.1 Å². The maximum absolute atomic E-state index is 2.68. The number of fused-ring (bicyclic) bond motifs is 7. The average Bonchev–Trinajstić information content (AvgIpc) is 3.95. The fraction of sp³-hybridized carbons (Fsp3) is 0.273. The minimum absolute atomic E-state index is 0.121. The lowest BCUT2D eigenvalue weighted by Gasteiger charge is -2.44. The summed E-state index contributed by atoms with van der Waals surface area (Å²) in [6.07, 6.45) is 12.2. The minimum atomic E-state index is 0.121. The Hall–Kier alpha value is -5.18. The third-order valence-corrected chi connectivity index (χ3v) is 16.8. The van der Waals surface area contributed by atoms with Crippen molar-refractivity contribution >= 4 is 59.3 Å². The molecule has 4 bridgehead atoms. The number of para-hydroxylation sites is 1. The van der Waals surface area contributed by atoms with E-state index < -0.39 is 0 Å². The van der Waals surface area contributed by atoms with E-state index in [1.54, 1.807) is 16.7 Å². The number of thiophene rings is 1. The van der Waals surface area contributed by atoms with Gasteiger partial charge in [-0.15, -0.1) is 11.3 Å². The van der Waals surface area contributed by atoms with Gasteiger partial charge >= 0.3 is 0 Å². The molecular weight excluding hydrogens is 707 g/mol. The predicted octanol–water partition coefficient (Wildman–Crippen LogP) is 15.7. The van der Waals surface area contributed by atoms with Crippen LogP contribution in [0.15, 0.2) is 146 Å². The van der Waals surface area contributed by atoms with E-state index in [9.17, 15) is 0 Å². The SMILES string of the molecule is c1ccc(N(c2ccc3c(c2)C2(c4ccccc4-3)C3CC4CC(C3)C2C4)c2cccc3sc4ccccc4c23)c(-c2cccc3cccc(C4CCCCC4)c23)c1. The Kier molecular flexibility index (Phi) is 7.15. The summed E-state index contributed by atoms with van der Waals surface area (Å²) in [5.41, 5.74) is 14.3. The lowest BCUT2D eigenvalue weighted by molar-refractivity contribution is 0.191. The summed E-state index contributed by atoms with van der Waals surface area (Å²) in [7, 11) is 0. The molecule has 2 heteroatoms. The molecule has 1 heterocycles. The summed E-state index contributed by atoms with van der Waals surface area (Å²) in [6.45, 7) is 0. The topological polar surface area (TPSA) is 3.24 Å². The summed E-state index contributed by atoms with van der Waals surface area (Å²) < 4.78 is 2.69. The first-order valence-corrected chi connectivity index (χ1v) is 22.6. The van der Waals surface area contributed by atoms with Gasteiger partial charge in [-0.1, -0.05) is 128 Å². The maximum atomic E-state index is 2.68. The molecule has 278 valence electrons. The molecule has 5 saturated carbocycles. The van der Waals surface area contributed by atoms with Gasteiger partial charge in [-0.3, -0.25) is 0 Å². The molecular formula is C55H47NS. The van der Waals surface area contributed by atoms with Crippen LogP contribution in [0.5, 0.6) is 0 Å².